The summed E-state index contributed by atoms with van der Waals surface area (Å²) in [6, 6.07) is 0.238. The van der Waals surface area contributed by atoms with Crippen LogP contribution in [0, 0.1) is 18.2 Å². The average Bonchev–Trinajstić information content (AvgIpc) is 3.87. The largest absolute Gasteiger partial charge is 0.461 e. The van der Waals surface area contributed by atoms with Crippen molar-refractivity contribution in [3.63, 3.8) is 0 Å². The molecule has 0 saturated carbocycles. The number of thiophene rings is 1. The second-order valence-electron chi connectivity index (χ2n) is 13.4. The van der Waals surface area contributed by atoms with Crippen LogP contribution in [0.1, 0.15) is 31.2 Å². The van der Waals surface area contributed by atoms with E-state index in [1.165, 1.54) is 16.8 Å². The number of nitrogens with two attached hydrogens (primary N) is 1. The number of halogens is 7. The second kappa shape index (κ2) is 13.1. The lowest BCUT2D eigenvalue weighted by molar-refractivity contribution is -0.137. The summed E-state index contributed by atoms with van der Waals surface area (Å²) in [5, 5.41) is -0.831. The second-order valence-corrected chi connectivity index (χ2v) is 14.4. The van der Waals surface area contributed by atoms with Gasteiger partial charge in [0.25, 0.3) is 0 Å². The van der Waals surface area contributed by atoms with Gasteiger partial charge < -0.3 is 20.3 Å². The van der Waals surface area contributed by atoms with Crippen LogP contribution in [-0.2, 0) is 11.0 Å². The molecule has 2 aromatic carbocycles. The summed E-state index contributed by atoms with van der Waals surface area (Å²) in [6.45, 7) is 11.0. The first kappa shape index (κ1) is 35.7. The molecule has 0 unspecified atom stereocenters. The van der Waals surface area contributed by atoms with Gasteiger partial charge in [0.15, 0.2) is 5.82 Å². The van der Waals surface area contributed by atoms with Crippen molar-refractivity contribution in [3.8, 4) is 17.1 Å². The van der Waals surface area contributed by atoms with Crippen LogP contribution < -0.4 is 15.4 Å². The molecule has 3 saturated heterocycles. The Morgan fingerprint density at radius 3 is 2.75 bits per heavy atom. The molecule has 7 rings (SSSR count). The summed E-state index contributed by atoms with van der Waals surface area (Å²) in [6.07, 6.45) is -3.46. The Hall–Kier alpha value is -4.69. The smallest absolute Gasteiger partial charge is 0.417 e. The number of benzene rings is 2. The third-order valence-electron chi connectivity index (χ3n) is 10.6. The van der Waals surface area contributed by atoms with Crippen LogP contribution in [0.3, 0.4) is 0 Å². The van der Waals surface area contributed by atoms with E-state index >= 15 is 17.6 Å². The predicted molar refractivity (Wildman–Crippen MR) is 183 cm³/mol. The van der Waals surface area contributed by atoms with Gasteiger partial charge in [0, 0.05) is 42.9 Å². The molecule has 9 nitrogen and oxygen atoms in total. The first-order valence-corrected chi connectivity index (χ1v) is 17.3. The predicted octanol–water partition coefficient (Wildman–Crippen LogP) is 7.46. The molecule has 1 amide bonds. The summed E-state index contributed by atoms with van der Waals surface area (Å²) in [7, 11) is 1.45. The van der Waals surface area contributed by atoms with Gasteiger partial charge in [-0.3, -0.25) is 9.69 Å². The Kier molecular flexibility index (Phi) is 8.97. The number of nitrogens with zero attached hydrogens (tertiary/aromatic N) is 6. The molecule has 3 fully saturated rings. The molecule has 5 heterocycles. The average molecular weight is 748 g/mol. The van der Waals surface area contributed by atoms with Crippen LogP contribution in [0.5, 0.6) is 6.01 Å². The number of nitrogen functional groups attached to an aromatic ring is 1. The number of aromatic nitrogens is 2. The fraction of sp³-hybridized carbons (Fsp3) is 0.429. The van der Waals surface area contributed by atoms with Gasteiger partial charge in [-0.1, -0.05) is 12.6 Å². The van der Waals surface area contributed by atoms with E-state index in [1.54, 1.807) is 0 Å². The van der Waals surface area contributed by atoms with Crippen molar-refractivity contribution in [1.82, 2.24) is 19.8 Å². The number of amides is 1. The number of ether oxygens (including phenoxy) is 1. The number of likely N-dealkylation sites (N-methyl/N-ethyl adjacent to an activating group) is 1. The monoisotopic (exact) mass is 747 g/mol. The van der Waals surface area contributed by atoms with E-state index in [0.29, 0.717) is 30.4 Å². The molecule has 3 aliphatic rings. The van der Waals surface area contributed by atoms with Crippen LogP contribution in [0.15, 0.2) is 30.9 Å². The molecule has 17 heteroatoms. The highest BCUT2D eigenvalue weighted by atomic mass is 32.1. The topological polar surface area (TPSA) is 92.2 Å². The Morgan fingerprint density at radius 1 is 1.29 bits per heavy atom. The minimum Gasteiger partial charge on any atom is -0.461 e. The lowest BCUT2D eigenvalue weighted by Crippen LogP contribution is -2.47. The van der Waals surface area contributed by atoms with Gasteiger partial charge in [0.1, 0.15) is 36.6 Å². The van der Waals surface area contributed by atoms with E-state index in [2.05, 4.69) is 21.4 Å². The quantitative estimate of drug-likeness (QED) is 0.114. The first-order chi connectivity index (χ1) is 24.7. The van der Waals surface area contributed by atoms with E-state index in [4.69, 9.17) is 17.0 Å². The molecule has 0 spiro atoms. The summed E-state index contributed by atoms with van der Waals surface area (Å²) in [5.74, 6) is -3.07. The molecule has 0 bridgehead atoms. The summed E-state index contributed by atoms with van der Waals surface area (Å²) in [4.78, 5) is 29.2. The molecule has 274 valence electrons. The third kappa shape index (κ3) is 5.67. The molecule has 4 atom stereocenters. The maximum absolute atomic E-state index is 17.1. The number of hydrogen-bond donors (Lipinski definition) is 1. The van der Waals surface area contributed by atoms with E-state index in [1.807, 2.05) is 4.90 Å². The van der Waals surface area contributed by atoms with Crippen LogP contribution in [0.25, 0.3) is 37.0 Å². The van der Waals surface area contributed by atoms with Gasteiger partial charge in [-0.15, -0.1) is 11.3 Å². The van der Waals surface area contributed by atoms with E-state index < -0.39 is 87.8 Å². The molecule has 0 aliphatic carbocycles. The lowest BCUT2D eigenvalue weighted by Gasteiger charge is -2.33. The van der Waals surface area contributed by atoms with Crippen molar-refractivity contribution in [1.29, 1.82) is 0 Å². The van der Waals surface area contributed by atoms with Gasteiger partial charge in [-0.25, -0.2) is 22.4 Å². The Morgan fingerprint density at radius 2 is 2.06 bits per heavy atom. The lowest BCUT2D eigenvalue weighted by atomic mass is 9.93. The minimum atomic E-state index is -5.19. The number of rotatable bonds is 8. The van der Waals surface area contributed by atoms with Gasteiger partial charge in [0.05, 0.1) is 39.5 Å². The van der Waals surface area contributed by atoms with Gasteiger partial charge in [-0.2, -0.15) is 23.1 Å². The van der Waals surface area contributed by atoms with Crippen molar-refractivity contribution >= 4 is 54.7 Å². The number of alkyl halides is 5. The highest BCUT2D eigenvalue weighted by Gasteiger charge is 2.49. The van der Waals surface area contributed by atoms with Crippen LogP contribution in [-0.4, -0.2) is 89.4 Å². The van der Waals surface area contributed by atoms with Crippen molar-refractivity contribution in [2.45, 2.75) is 55.7 Å². The van der Waals surface area contributed by atoms with Gasteiger partial charge >= 0.3 is 12.2 Å². The zero-order valence-corrected chi connectivity index (χ0v) is 28.6. The van der Waals surface area contributed by atoms with E-state index in [-0.39, 0.29) is 59.1 Å². The van der Waals surface area contributed by atoms with E-state index in [0.717, 1.165) is 24.6 Å². The maximum Gasteiger partial charge on any atom is 0.417 e. The van der Waals surface area contributed by atoms with Crippen LogP contribution in [0.2, 0.25) is 0 Å². The van der Waals surface area contributed by atoms with Gasteiger partial charge in [0.2, 0.25) is 11.6 Å². The molecular weight excluding hydrogens is 715 g/mol. The Bertz CT molecular complexity index is 2150. The molecule has 4 aromatic rings. The molecule has 2 N–H and O–H groups in total. The Balaban J connectivity index is 1.45. The summed E-state index contributed by atoms with van der Waals surface area (Å²) in [5.41, 5.74) is 1.47. The third-order valence-corrected chi connectivity index (χ3v) is 11.6. The number of hydrogen-bond acceptors (Lipinski definition) is 8. The zero-order valence-electron chi connectivity index (χ0n) is 27.7. The molecule has 3 aliphatic heterocycles. The first-order valence-electron chi connectivity index (χ1n) is 16.5. The zero-order chi connectivity index (χ0) is 37.3. The summed E-state index contributed by atoms with van der Waals surface area (Å²) >= 11 is 0.654. The van der Waals surface area contributed by atoms with Crippen molar-refractivity contribution in [3.05, 3.63) is 59.5 Å². The number of likely N-dealkylation sites (tertiary alicyclic amines) is 1. The minimum absolute atomic E-state index is 0.0868. The number of carbonyl (C=O) groups is 1. The van der Waals surface area contributed by atoms with Gasteiger partial charge in [-0.05, 0) is 49.6 Å². The standard InChI is InChI=1S/C35H32F7N7O2S/c1-4-24(50)49-11-8-22(23(49)14-36)47(3)32-19-12-20(35(40,41)42)25(18-6-7-21(38)30-26(18)29(44-2)31(43)52-30)27(39)28(19)45-33(46-32)51-16-34-9-5-10-48(34)15-17(37)13-34/h4,6-7,12,17,22-23H,1,5,8-11,13-16,43H2,3H3/t17-,22-,23-,34+/m1/s1. The van der Waals surface area contributed by atoms with Crippen LogP contribution >= 0.6 is 11.3 Å². The normalized spacial score (nSPS) is 23.4. The molecule has 52 heavy (non-hydrogen) atoms. The fourth-order valence-corrected chi connectivity index (χ4v) is 9.11. The van der Waals surface area contributed by atoms with Crippen molar-refractivity contribution < 1.29 is 40.3 Å². The number of fused-ring (bicyclic) bond motifs is 3. The summed E-state index contributed by atoms with van der Waals surface area (Å²) < 4.78 is 112. The highest BCUT2D eigenvalue weighted by Crippen LogP contribution is 2.51. The number of anilines is 2. The number of carbonyl (C=O) groups excluding carboxylic acids is 1. The molecule has 0 radical (unpaired) electrons. The Labute approximate surface area is 297 Å². The fourth-order valence-electron chi connectivity index (χ4n) is 8.17. The van der Waals surface area contributed by atoms with Crippen molar-refractivity contribution in [2.75, 3.05) is 50.6 Å². The maximum atomic E-state index is 17.1. The van der Waals surface area contributed by atoms with E-state index in [9.17, 15) is 18.0 Å². The SMILES string of the molecule is [C-]#[N+]c1c(N)sc2c(F)ccc(-c3c(C(F)(F)F)cc4c(N(C)[C@@H]5CCN(C(=O)C=C)[C@@H]5CF)nc(OC[C@@]56CCCN5C[C@H](F)C6)nc4c3F)c12. The molecule has 2 aromatic heterocycles. The van der Waals surface area contributed by atoms with Crippen LogP contribution in [0.4, 0.5) is 47.2 Å². The highest BCUT2D eigenvalue weighted by molar-refractivity contribution is 7.23. The van der Waals surface area contributed by atoms with Crippen molar-refractivity contribution in [2.24, 2.45) is 0 Å². The molecular formula is C35H32F7N7O2S.